The predicted molar refractivity (Wildman–Crippen MR) is 146 cm³/mol. The fraction of sp³-hybridized carbons (Fsp3) is 0.536. The van der Waals surface area contributed by atoms with Crippen LogP contribution in [0.4, 0.5) is 0 Å². The molecule has 1 saturated heterocycles. The minimum Gasteiger partial charge on any atom is -0.344 e. The van der Waals surface area contributed by atoms with E-state index in [0.29, 0.717) is 18.0 Å². The highest BCUT2D eigenvalue weighted by atomic mass is 35.5. The molecule has 2 aromatic heterocycles. The SMILES string of the molecule is Cl.Cl.c1cncc(C(CCNC2CCNCC2)c2cn(C3CC4CCC3C4)c3ccccc23)c1. The van der Waals surface area contributed by atoms with Crippen LogP contribution in [-0.2, 0) is 0 Å². The Kier molecular flexibility index (Phi) is 8.57. The second-order valence-electron chi connectivity index (χ2n) is 10.4. The molecule has 4 unspecified atom stereocenters. The first kappa shape index (κ1) is 25.5. The van der Waals surface area contributed by atoms with Gasteiger partial charge in [-0.3, -0.25) is 4.98 Å². The van der Waals surface area contributed by atoms with E-state index < -0.39 is 0 Å². The lowest BCUT2D eigenvalue weighted by molar-refractivity contribution is 0.336. The van der Waals surface area contributed by atoms with Crippen molar-refractivity contribution in [3.8, 4) is 0 Å². The molecular weight excluding hydrogens is 463 g/mol. The number of para-hydroxylation sites is 1. The van der Waals surface area contributed by atoms with Gasteiger partial charge in [0.05, 0.1) is 0 Å². The summed E-state index contributed by atoms with van der Waals surface area (Å²) in [7, 11) is 0. The molecular formula is C28H38Cl2N4. The van der Waals surface area contributed by atoms with Crippen LogP contribution in [0.2, 0.25) is 0 Å². The highest BCUT2D eigenvalue weighted by Gasteiger charge is 2.41. The number of fused-ring (bicyclic) bond motifs is 3. The molecule has 1 aliphatic heterocycles. The summed E-state index contributed by atoms with van der Waals surface area (Å²) in [6.45, 7) is 3.33. The minimum absolute atomic E-state index is 0. The average Bonchev–Trinajstić information content (AvgIpc) is 3.58. The predicted octanol–water partition coefficient (Wildman–Crippen LogP) is 6.10. The summed E-state index contributed by atoms with van der Waals surface area (Å²) < 4.78 is 2.66. The van der Waals surface area contributed by atoms with E-state index in [1.165, 1.54) is 60.6 Å². The third-order valence-electron chi connectivity index (χ3n) is 8.50. The molecule has 4 nitrogen and oxygen atoms in total. The van der Waals surface area contributed by atoms with E-state index in [1.54, 1.807) is 0 Å². The van der Waals surface area contributed by atoms with E-state index in [1.807, 2.05) is 6.20 Å². The zero-order valence-corrected chi connectivity index (χ0v) is 21.5. The van der Waals surface area contributed by atoms with Gasteiger partial charge in [-0.05, 0) is 93.3 Å². The molecule has 0 amide bonds. The monoisotopic (exact) mass is 500 g/mol. The largest absolute Gasteiger partial charge is 0.344 e. The molecule has 4 atom stereocenters. The summed E-state index contributed by atoms with van der Waals surface area (Å²) in [6.07, 6.45) is 15.8. The van der Waals surface area contributed by atoms with Crippen LogP contribution in [0.15, 0.2) is 55.0 Å². The number of pyridine rings is 1. The smallest absolute Gasteiger partial charge is 0.0486 e. The number of piperidine rings is 1. The molecule has 2 bridgehead atoms. The van der Waals surface area contributed by atoms with Crippen LogP contribution in [0.3, 0.4) is 0 Å². The van der Waals surface area contributed by atoms with E-state index in [0.717, 1.165) is 37.9 Å². The summed E-state index contributed by atoms with van der Waals surface area (Å²) in [5.41, 5.74) is 4.26. The Morgan fingerprint density at radius 2 is 1.85 bits per heavy atom. The first-order chi connectivity index (χ1) is 15.9. The molecule has 6 heteroatoms. The van der Waals surface area contributed by atoms with Gasteiger partial charge in [0.1, 0.15) is 0 Å². The minimum atomic E-state index is 0. The van der Waals surface area contributed by atoms with Gasteiger partial charge in [0.15, 0.2) is 0 Å². The van der Waals surface area contributed by atoms with Gasteiger partial charge >= 0.3 is 0 Å². The van der Waals surface area contributed by atoms with Gasteiger partial charge in [0, 0.05) is 47.5 Å². The number of nitrogens with zero attached hydrogens (tertiary/aromatic N) is 2. The molecule has 2 N–H and O–H groups in total. The molecule has 6 rings (SSSR count). The van der Waals surface area contributed by atoms with Crippen LogP contribution in [0.1, 0.15) is 68.0 Å². The van der Waals surface area contributed by atoms with Gasteiger partial charge < -0.3 is 15.2 Å². The van der Waals surface area contributed by atoms with Crippen molar-refractivity contribution in [2.75, 3.05) is 19.6 Å². The molecule has 3 heterocycles. The maximum absolute atomic E-state index is 4.49. The van der Waals surface area contributed by atoms with Crippen molar-refractivity contribution in [2.24, 2.45) is 11.8 Å². The topological polar surface area (TPSA) is 41.9 Å². The van der Waals surface area contributed by atoms with Gasteiger partial charge in [-0.1, -0.05) is 30.7 Å². The van der Waals surface area contributed by atoms with Gasteiger partial charge in [-0.2, -0.15) is 0 Å². The van der Waals surface area contributed by atoms with Gasteiger partial charge in [0.2, 0.25) is 0 Å². The summed E-state index contributed by atoms with van der Waals surface area (Å²) in [5.74, 6) is 2.21. The Hall–Kier alpha value is -1.59. The second kappa shape index (κ2) is 11.4. The molecule has 0 radical (unpaired) electrons. The van der Waals surface area contributed by atoms with Gasteiger partial charge in [0.25, 0.3) is 0 Å². The van der Waals surface area contributed by atoms with Crippen molar-refractivity contribution >= 4 is 35.7 Å². The quantitative estimate of drug-likeness (QED) is 0.411. The van der Waals surface area contributed by atoms with Gasteiger partial charge in [-0.25, -0.2) is 0 Å². The molecule has 184 valence electrons. The normalized spacial score (nSPS) is 25.1. The summed E-state index contributed by atoms with van der Waals surface area (Å²) in [6, 6.07) is 14.8. The van der Waals surface area contributed by atoms with Crippen LogP contribution >= 0.6 is 24.8 Å². The molecule has 1 aromatic carbocycles. The fourth-order valence-corrected chi connectivity index (χ4v) is 6.88. The molecule has 2 saturated carbocycles. The first-order valence-corrected chi connectivity index (χ1v) is 12.8. The Bertz CT molecular complexity index is 1050. The maximum Gasteiger partial charge on any atom is 0.0486 e. The van der Waals surface area contributed by atoms with Crippen molar-refractivity contribution in [1.29, 1.82) is 0 Å². The standard InChI is InChI=1S/C28H36N4.2ClH/c1-2-6-27-25(5-1)26(19-32(27)28-17-20-7-8-21(28)16-20)24(22-4-3-12-30-18-22)11-15-31-23-9-13-29-14-10-23;;/h1-6,12,18-21,23-24,28-29,31H,7-11,13-17H2;2*1H. The highest BCUT2D eigenvalue weighted by molar-refractivity contribution is 5.86. The van der Waals surface area contributed by atoms with Crippen molar-refractivity contribution in [2.45, 2.75) is 62.9 Å². The Balaban J connectivity index is 0.00000137. The summed E-state index contributed by atoms with van der Waals surface area (Å²) in [4.78, 5) is 4.49. The number of hydrogen-bond donors (Lipinski definition) is 2. The van der Waals surface area contributed by atoms with Crippen molar-refractivity contribution in [1.82, 2.24) is 20.2 Å². The summed E-state index contributed by atoms with van der Waals surface area (Å²) in [5, 5.41) is 8.77. The lowest BCUT2D eigenvalue weighted by atomic mass is 9.89. The van der Waals surface area contributed by atoms with E-state index >= 15 is 0 Å². The molecule has 34 heavy (non-hydrogen) atoms. The van der Waals surface area contributed by atoms with Gasteiger partial charge in [-0.15, -0.1) is 24.8 Å². The second-order valence-corrected chi connectivity index (χ2v) is 10.4. The Morgan fingerprint density at radius 3 is 2.59 bits per heavy atom. The molecule has 3 aromatic rings. The van der Waals surface area contributed by atoms with E-state index in [9.17, 15) is 0 Å². The number of halogens is 2. The Labute approximate surface area is 216 Å². The number of nitrogens with one attached hydrogen (secondary N) is 2. The number of benzene rings is 1. The lowest BCUT2D eigenvalue weighted by Gasteiger charge is -2.25. The zero-order chi connectivity index (χ0) is 21.3. The lowest BCUT2D eigenvalue weighted by Crippen LogP contribution is -2.40. The molecule has 2 aliphatic carbocycles. The molecule has 3 fully saturated rings. The summed E-state index contributed by atoms with van der Waals surface area (Å²) >= 11 is 0. The van der Waals surface area contributed by atoms with Crippen LogP contribution in [0, 0.1) is 11.8 Å². The number of hydrogen-bond acceptors (Lipinski definition) is 3. The van der Waals surface area contributed by atoms with Crippen LogP contribution in [0.25, 0.3) is 10.9 Å². The highest BCUT2D eigenvalue weighted by Crippen LogP contribution is 2.52. The Morgan fingerprint density at radius 1 is 1.00 bits per heavy atom. The number of aromatic nitrogens is 2. The zero-order valence-electron chi connectivity index (χ0n) is 19.9. The third-order valence-corrected chi connectivity index (χ3v) is 8.50. The van der Waals surface area contributed by atoms with Crippen LogP contribution in [0.5, 0.6) is 0 Å². The fourth-order valence-electron chi connectivity index (χ4n) is 6.88. The average molecular weight is 502 g/mol. The van der Waals surface area contributed by atoms with E-state index in [2.05, 4.69) is 69.0 Å². The molecule has 3 aliphatic rings. The van der Waals surface area contributed by atoms with Crippen LogP contribution < -0.4 is 10.6 Å². The van der Waals surface area contributed by atoms with E-state index in [-0.39, 0.29) is 24.8 Å². The number of rotatable bonds is 7. The van der Waals surface area contributed by atoms with Crippen LogP contribution in [-0.4, -0.2) is 35.2 Å². The van der Waals surface area contributed by atoms with Crippen molar-refractivity contribution in [3.63, 3.8) is 0 Å². The first-order valence-electron chi connectivity index (χ1n) is 12.8. The third kappa shape index (κ3) is 5.02. The maximum atomic E-state index is 4.49. The van der Waals surface area contributed by atoms with Crippen molar-refractivity contribution < 1.29 is 0 Å². The molecule has 0 spiro atoms. The van der Waals surface area contributed by atoms with Crippen molar-refractivity contribution in [3.05, 3.63) is 66.1 Å². The van der Waals surface area contributed by atoms with E-state index in [4.69, 9.17) is 0 Å².